The van der Waals surface area contributed by atoms with Crippen LogP contribution in [-0.4, -0.2) is 68.4 Å². The Morgan fingerprint density at radius 1 is 1.21 bits per heavy atom. The Morgan fingerprint density at radius 3 is 2.76 bits per heavy atom. The topological polar surface area (TPSA) is 87.7 Å². The number of anilines is 1. The fourth-order valence-electron chi connectivity index (χ4n) is 4.09. The fourth-order valence-corrected chi connectivity index (χ4v) is 5.74. The first-order valence-corrected chi connectivity index (χ1v) is 11.3. The van der Waals surface area contributed by atoms with Gasteiger partial charge in [0, 0.05) is 51.1 Å². The lowest BCUT2D eigenvalue weighted by molar-refractivity contribution is 0.309. The second-order valence-electron chi connectivity index (χ2n) is 7.59. The standard InChI is InChI=1S/C20H27N5O3S/c1-21-20-15-13-24(2)10-9-16(15)22-19(23-20)14-8-11-25(12-14)29(26,27)18-7-5-4-6-17(18)28-3/h4-7,14H,8-13H2,1-3H3,(H,21,22,23)/t14-/m1/s1. The lowest BCUT2D eigenvalue weighted by atomic mass is 10.0. The maximum absolute atomic E-state index is 13.2. The highest BCUT2D eigenvalue weighted by atomic mass is 32.2. The van der Waals surface area contributed by atoms with Crippen molar-refractivity contribution in [3.05, 3.63) is 41.3 Å². The summed E-state index contributed by atoms with van der Waals surface area (Å²) >= 11 is 0. The molecule has 3 heterocycles. The normalized spacial score (nSPS) is 20.4. The predicted octanol–water partition coefficient (Wildman–Crippen LogP) is 1.69. The van der Waals surface area contributed by atoms with E-state index in [4.69, 9.17) is 14.7 Å². The van der Waals surface area contributed by atoms with Gasteiger partial charge in [-0.3, -0.25) is 0 Å². The highest BCUT2D eigenvalue weighted by Gasteiger charge is 2.36. The molecule has 0 amide bonds. The van der Waals surface area contributed by atoms with E-state index in [1.165, 1.54) is 11.4 Å². The Kier molecular flexibility index (Phi) is 5.46. The van der Waals surface area contributed by atoms with Gasteiger partial charge in [0.15, 0.2) is 0 Å². The number of ether oxygens (including phenoxy) is 1. The Bertz CT molecular complexity index is 994. The molecule has 1 fully saturated rings. The van der Waals surface area contributed by atoms with E-state index in [0.717, 1.165) is 42.4 Å². The van der Waals surface area contributed by atoms with Gasteiger partial charge in [0.1, 0.15) is 22.3 Å². The Labute approximate surface area is 172 Å². The third kappa shape index (κ3) is 3.70. The average Bonchev–Trinajstić information content (AvgIpc) is 3.24. The van der Waals surface area contributed by atoms with Crippen LogP contribution in [0.5, 0.6) is 5.75 Å². The van der Waals surface area contributed by atoms with Gasteiger partial charge in [0.2, 0.25) is 10.0 Å². The van der Waals surface area contributed by atoms with Gasteiger partial charge >= 0.3 is 0 Å². The molecule has 1 aromatic heterocycles. The van der Waals surface area contributed by atoms with Crippen LogP contribution < -0.4 is 10.1 Å². The molecule has 0 bridgehead atoms. The maximum Gasteiger partial charge on any atom is 0.246 e. The van der Waals surface area contributed by atoms with Crippen LogP contribution in [0.1, 0.15) is 29.4 Å². The molecule has 29 heavy (non-hydrogen) atoms. The second kappa shape index (κ2) is 7.89. The Balaban J connectivity index is 1.60. The lowest BCUT2D eigenvalue weighted by Crippen LogP contribution is -2.30. The molecule has 156 valence electrons. The van der Waals surface area contributed by atoms with E-state index in [-0.39, 0.29) is 10.8 Å². The minimum Gasteiger partial charge on any atom is -0.495 e. The molecule has 9 heteroatoms. The van der Waals surface area contributed by atoms with Gasteiger partial charge < -0.3 is 15.0 Å². The monoisotopic (exact) mass is 417 g/mol. The van der Waals surface area contributed by atoms with Crippen LogP contribution in [0.4, 0.5) is 5.82 Å². The van der Waals surface area contributed by atoms with Gasteiger partial charge in [-0.05, 0) is 25.6 Å². The molecule has 0 aliphatic carbocycles. The number of likely N-dealkylation sites (N-methyl/N-ethyl adjacent to an activating group) is 1. The smallest absolute Gasteiger partial charge is 0.246 e. The first-order valence-electron chi connectivity index (χ1n) is 9.83. The van der Waals surface area contributed by atoms with Crippen molar-refractivity contribution in [2.45, 2.75) is 30.2 Å². The molecular formula is C20H27N5O3S. The van der Waals surface area contributed by atoms with Gasteiger partial charge in [-0.2, -0.15) is 4.31 Å². The summed E-state index contributed by atoms with van der Waals surface area (Å²) in [4.78, 5) is 12.0. The largest absolute Gasteiger partial charge is 0.495 e. The molecular weight excluding hydrogens is 390 g/mol. The molecule has 1 aromatic carbocycles. The van der Waals surface area contributed by atoms with E-state index < -0.39 is 10.0 Å². The summed E-state index contributed by atoms with van der Waals surface area (Å²) in [5.74, 6) is 1.93. The summed E-state index contributed by atoms with van der Waals surface area (Å²) in [7, 11) is 1.81. The van der Waals surface area contributed by atoms with Crippen LogP contribution in [0.15, 0.2) is 29.2 Å². The first kappa shape index (κ1) is 20.1. The number of para-hydroxylation sites is 1. The average molecular weight is 418 g/mol. The SMILES string of the molecule is CNc1nc([C@@H]2CCN(S(=O)(=O)c3ccccc3OC)C2)nc2c1CN(C)CC2. The number of hydrogen-bond donors (Lipinski definition) is 1. The van der Waals surface area contributed by atoms with Crippen LogP contribution in [0.2, 0.25) is 0 Å². The van der Waals surface area contributed by atoms with Crippen molar-refractivity contribution < 1.29 is 13.2 Å². The van der Waals surface area contributed by atoms with Crippen LogP contribution in [-0.2, 0) is 23.0 Å². The summed E-state index contributed by atoms with van der Waals surface area (Å²) in [6, 6.07) is 6.74. The van der Waals surface area contributed by atoms with Gasteiger partial charge in [-0.15, -0.1) is 0 Å². The molecule has 0 spiro atoms. The molecule has 0 saturated carbocycles. The quantitative estimate of drug-likeness (QED) is 0.792. The van der Waals surface area contributed by atoms with Gasteiger partial charge in [0.25, 0.3) is 0 Å². The van der Waals surface area contributed by atoms with E-state index in [2.05, 4.69) is 17.3 Å². The number of nitrogens with zero attached hydrogens (tertiary/aromatic N) is 4. The summed E-state index contributed by atoms with van der Waals surface area (Å²) in [5, 5.41) is 3.20. The van der Waals surface area contributed by atoms with Crippen molar-refractivity contribution in [2.75, 3.05) is 46.2 Å². The van der Waals surface area contributed by atoms with Gasteiger partial charge in [-0.1, -0.05) is 12.1 Å². The summed E-state index contributed by atoms with van der Waals surface area (Å²) in [6.45, 7) is 2.61. The molecule has 2 aromatic rings. The lowest BCUT2D eigenvalue weighted by Gasteiger charge is -2.26. The molecule has 1 saturated heterocycles. The molecule has 0 radical (unpaired) electrons. The fraction of sp³-hybridized carbons (Fsp3) is 0.500. The van der Waals surface area contributed by atoms with E-state index >= 15 is 0 Å². The van der Waals surface area contributed by atoms with Crippen LogP contribution in [0, 0.1) is 0 Å². The highest BCUT2D eigenvalue weighted by Crippen LogP contribution is 2.34. The molecule has 8 nitrogen and oxygen atoms in total. The van der Waals surface area contributed by atoms with Crippen LogP contribution in [0.25, 0.3) is 0 Å². The Morgan fingerprint density at radius 2 is 2.00 bits per heavy atom. The van der Waals surface area contributed by atoms with Crippen molar-refractivity contribution in [3.63, 3.8) is 0 Å². The minimum atomic E-state index is -3.63. The zero-order valence-electron chi connectivity index (χ0n) is 17.1. The van der Waals surface area contributed by atoms with E-state index in [9.17, 15) is 8.42 Å². The summed E-state index contributed by atoms with van der Waals surface area (Å²) in [6.07, 6.45) is 1.59. The number of aromatic nitrogens is 2. The van der Waals surface area contributed by atoms with E-state index in [0.29, 0.717) is 25.3 Å². The van der Waals surface area contributed by atoms with Gasteiger partial charge in [-0.25, -0.2) is 18.4 Å². The number of sulfonamides is 1. The Hall–Kier alpha value is -2.23. The second-order valence-corrected chi connectivity index (χ2v) is 9.50. The van der Waals surface area contributed by atoms with Crippen molar-refractivity contribution in [1.29, 1.82) is 0 Å². The van der Waals surface area contributed by atoms with Gasteiger partial charge in [0.05, 0.1) is 12.8 Å². The number of fused-ring (bicyclic) bond motifs is 1. The van der Waals surface area contributed by atoms with Crippen molar-refractivity contribution >= 4 is 15.8 Å². The van der Waals surface area contributed by atoms with Crippen LogP contribution >= 0.6 is 0 Å². The van der Waals surface area contributed by atoms with Crippen molar-refractivity contribution in [1.82, 2.24) is 19.2 Å². The number of methoxy groups -OCH3 is 1. The molecule has 1 atom stereocenters. The van der Waals surface area contributed by atoms with Crippen molar-refractivity contribution in [3.8, 4) is 5.75 Å². The van der Waals surface area contributed by atoms with Crippen molar-refractivity contribution in [2.24, 2.45) is 0 Å². The highest BCUT2D eigenvalue weighted by molar-refractivity contribution is 7.89. The maximum atomic E-state index is 13.2. The summed E-state index contributed by atoms with van der Waals surface area (Å²) in [5.41, 5.74) is 2.21. The molecule has 4 rings (SSSR count). The van der Waals surface area contributed by atoms with Crippen LogP contribution in [0.3, 0.4) is 0 Å². The molecule has 0 unspecified atom stereocenters. The zero-order valence-corrected chi connectivity index (χ0v) is 17.9. The summed E-state index contributed by atoms with van der Waals surface area (Å²) < 4.78 is 33.1. The minimum absolute atomic E-state index is 0.0171. The third-order valence-corrected chi connectivity index (χ3v) is 7.61. The number of benzene rings is 1. The van der Waals surface area contributed by atoms with E-state index in [1.54, 1.807) is 24.3 Å². The number of rotatable bonds is 5. The predicted molar refractivity (Wildman–Crippen MR) is 111 cm³/mol. The molecule has 2 aliphatic rings. The molecule has 1 N–H and O–H groups in total. The molecule has 2 aliphatic heterocycles. The number of nitrogens with one attached hydrogen (secondary N) is 1. The zero-order chi connectivity index (χ0) is 20.6. The third-order valence-electron chi connectivity index (χ3n) is 5.71. The number of hydrogen-bond acceptors (Lipinski definition) is 7. The van der Waals surface area contributed by atoms with E-state index in [1.807, 2.05) is 7.05 Å². The first-order chi connectivity index (χ1) is 13.9.